The molecule has 1 fully saturated rings. The standard InChI is InChI=1S/C15H24O3/c1-9-5-6-10(2)14(4)8-7-11(3)15(18,12(9)14)13(16)17/h6,9,11-12,18H,5,7-8H2,1-4H3,(H,16,17). The maximum absolute atomic E-state index is 11.7. The van der Waals surface area contributed by atoms with Crippen LogP contribution in [0.1, 0.15) is 47.0 Å². The van der Waals surface area contributed by atoms with Crippen molar-refractivity contribution in [3.05, 3.63) is 11.6 Å². The zero-order valence-corrected chi connectivity index (χ0v) is 11.7. The Bertz CT molecular complexity index is 401. The Kier molecular flexibility index (Phi) is 3.09. The third-order valence-corrected chi connectivity index (χ3v) is 5.62. The van der Waals surface area contributed by atoms with E-state index in [1.54, 1.807) is 0 Å². The maximum atomic E-state index is 11.7. The number of carbonyl (C=O) groups is 1. The van der Waals surface area contributed by atoms with Crippen molar-refractivity contribution >= 4 is 5.97 Å². The molecule has 0 aromatic carbocycles. The van der Waals surface area contributed by atoms with Gasteiger partial charge in [0.1, 0.15) is 0 Å². The van der Waals surface area contributed by atoms with Crippen LogP contribution in [0.5, 0.6) is 0 Å². The molecule has 0 aromatic heterocycles. The highest BCUT2D eigenvalue weighted by Gasteiger charge is 2.61. The van der Waals surface area contributed by atoms with Crippen molar-refractivity contribution in [1.29, 1.82) is 0 Å². The van der Waals surface area contributed by atoms with Crippen LogP contribution in [0.3, 0.4) is 0 Å². The summed E-state index contributed by atoms with van der Waals surface area (Å²) < 4.78 is 0. The third-order valence-electron chi connectivity index (χ3n) is 5.62. The first-order valence-electron chi connectivity index (χ1n) is 6.87. The van der Waals surface area contributed by atoms with Crippen LogP contribution in [-0.4, -0.2) is 21.8 Å². The summed E-state index contributed by atoms with van der Waals surface area (Å²) >= 11 is 0. The molecule has 18 heavy (non-hydrogen) atoms. The monoisotopic (exact) mass is 252 g/mol. The van der Waals surface area contributed by atoms with E-state index in [1.165, 1.54) is 5.57 Å². The van der Waals surface area contributed by atoms with Gasteiger partial charge >= 0.3 is 5.97 Å². The van der Waals surface area contributed by atoms with Crippen LogP contribution >= 0.6 is 0 Å². The molecule has 2 rings (SSSR count). The lowest BCUT2D eigenvalue weighted by atomic mass is 9.49. The fourth-order valence-electron chi connectivity index (χ4n) is 4.26. The highest BCUT2D eigenvalue weighted by molar-refractivity contribution is 5.78. The van der Waals surface area contributed by atoms with Gasteiger partial charge in [-0.25, -0.2) is 4.79 Å². The molecule has 5 unspecified atom stereocenters. The van der Waals surface area contributed by atoms with E-state index in [0.29, 0.717) is 0 Å². The lowest BCUT2D eigenvalue weighted by Gasteiger charge is -2.56. The number of fused-ring (bicyclic) bond motifs is 1. The van der Waals surface area contributed by atoms with Crippen LogP contribution < -0.4 is 0 Å². The van der Waals surface area contributed by atoms with Crippen LogP contribution in [0.25, 0.3) is 0 Å². The number of hydrogen-bond donors (Lipinski definition) is 2. The van der Waals surface area contributed by atoms with Gasteiger partial charge in [0, 0.05) is 5.92 Å². The summed E-state index contributed by atoms with van der Waals surface area (Å²) in [6, 6.07) is 0. The number of rotatable bonds is 1. The fraction of sp³-hybridized carbons (Fsp3) is 0.800. The largest absolute Gasteiger partial charge is 0.479 e. The fourth-order valence-corrected chi connectivity index (χ4v) is 4.26. The van der Waals surface area contributed by atoms with E-state index in [9.17, 15) is 15.0 Å². The SMILES string of the molecule is CC1=CCC(C)C2C1(C)CCC(C)C2(O)C(=O)O. The minimum atomic E-state index is -1.58. The Balaban J connectivity index is 2.55. The molecule has 2 aliphatic rings. The average Bonchev–Trinajstić information content (AvgIpc) is 2.29. The van der Waals surface area contributed by atoms with Gasteiger partial charge in [0.2, 0.25) is 0 Å². The smallest absolute Gasteiger partial charge is 0.336 e. The van der Waals surface area contributed by atoms with Crippen molar-refractivity contribution in [2.24, 2.45) is 23.2 Å². The highest BCUT2D eigenvalue weighted by Crippen LogP contribution is 2.58. The lowest BCUT2D eigenvalue weighted by Crippen LogP contribution is -2.62. The molecule has 2 aliphatic carbocycles. The van der Waals surface area contributed by atoms with Crippen molar-refractivity contribution < 1.29 is 15.0 Å². The Morgan fingerprint density at radius 2 is 2.06 bits per heavy atom. The third kappa shape index (κ3) is 1.56. The van der Waals surface area contributed by atoms with Crippen molar-refractivity contribution in [2.45, 2.75) is 52.6 Å². The van der Waals surface area contributed by atoms with Crippen molar-refractivity contribution in [3.63, 3.8) is 0 Å². The molecular formula is C15H24O3. The Morgan fingerprint density at radius 1 is 1.44 bits per heavy atom. The van der Waals surface area contributed by atoms with E-state index in [0.717, 1.165) is 19.3 Å². The molecule has 0 amide bonds. The molecule has 3 heteroatoms. The highest BCUT2D eigenvalue weighted by atomic mass is 16.4. The van der Waals surface area contributed by atoms with E-state index >= 15 is 0 Å². The second-order valence-corrected chi connectivity index (χ2v) is 6.57. The molecule has 0 heterocycles. The van der Waals surface area contributed by atoms with E-state index in [2.05, 4.69) is 26.8 Å². The van der Waals surface area contributed by atoms with Gasteiger partial charge in [-0.1, -0.05) is 32.4 Å². The zero-order valence-electron chi connectivity index (χ0n) is 11.7. The zero-order chi connectivity index (χ0) is 13.7. The summed E-state index contributed by atoms with van der Waals surface area (Å²) in [5.41, 5.74) is -0.503. The summed E-state index contributed by atoms with van der Waals surface area (Å²) in [7, 11) is 0. The van der Waals surface area contributed by atoms with Crippen LogP contribution in [-0.2, 0) is 4.79 Å². The number of allylic oxidation sites excluding steroid dienone is 2. The van der Waals surface area contributed by atoms with Crippen molar-refractivity contribution in [1.82, 2.24) is 0 Å². The molecule has 102 valence electrons. The molecule has 0 spiro atoms. The van der Waals surface area contributed by atoms with Gasteiger partial charge in [-0.05, 0) is 43.4 Å². The molecule has 0 bridgehead atoms. The normalized spacial score (nSPS) is 48.3. The molecule has 0 aliphatic heterocycles. The Hall–Kier alpha value is -0.830. The van der Waals surface area contributed by atoms with Crippen LogP contribution in [0.2, 0.25) is 0 Å². The second kappa shape index (κ2) is 4.09. The molecule has 3 nitrogen and oxygen atoms in total. The summed E-state index contributed by atoms with van der Waals surface area (Å²) in [5, 5.41) is 20.4. The topological polar surface area (TPSA) is 57.5 Å². The van der Waals surface area contributed by atoms with Gasteiger partial charge in [0.05, 0.1) is 0 Å². The number of aliphatic carboxylic acids is 1. The average molecular weight is 252 g/mol. The molecule has 0 saturated heterocycles. The van der Waals surface area contributed by atoms with E-state index in [4.69, 9.17) is 0 Å². The lowest BCUT2D eigenvalue weighted by molar-refractivity contribution is -0.196. The molecule has 0 radical (unpaired) electrons. The second-order valence-electron chi connectivity index (χ2n) is 6.57. The van der Waals surface area contributed by atoms with E-state index in [1.807, 2.05) is 6.92 Å². The summed E-state index contributed by atoms with van der Waals surface area (Å²) in [4.78, 5) is 11.7. The first-order valence-corrected chi connectivity index (χ1v) is 6.87. The minimum absolute atomic E-state index is 0.169. The number of carboxylic acids is 1. The minimum Gasteiger partial charge on any atom is -0.479 e. The first kappa shape index (κ1) is 13.6. The van der Waals surface area contributed by atoms with Gasteiger partial charge in [-0.15, -0.1) is 0 Å². The quantitative estimate of drug-likeness (QED) is 0.705. The molecule has 2 N–H and O–H groups in total. The predicted octanol–water partition coefficient (Wildman–Crippen LogP) is 2.84. The molecule has 0 aromatic rings. The maximum Gasteiger partial charge on any atom is 0.336 e. The Labute approximate surface area is 109 Å². The summed E-state index contributed by atoms with van der Waals surface area (Å²) in [5.74, 6) is -1.20. The number of hydrogen-bond acceptors (Lipinski definition) is 2. The van der Waals surface area contributed by atoms with Crippen LogP contribution in [0, 0.1) is 23.2 Å². The van der Waals surface area contributed by atoms with E-state index in [-0.39, 0.29) is 23.2 Å². The summed E-state index contributed by atoms with van der Waals surface area (Å²) in [6.07, 6.45) is 4.84. The number of aliphatic hydroxyl groups is 1. The molecule has 5 atom stereocenters. The Morgan fingerprint density at radius 3 is 2.61 bits per heavy atom. The van der Waals surface area contributed by atoms with Crippen LogP contribution in [0.15, 0.2) is 11.6 Å². The van der Waals surface area contributed by atoms with Crippen LogP contribution in [0.4, 0.5) is 0 Å². The first-order chi connectivity index (χ1) is 8.24. The van der Waals surface area contributed by atoms with Gasteiger partial charge in [-0.3, -0.25) is 0 Å². The van der Waals surface area contributed by atoms with Gasteiger partial charge in [0.25, 0.3) is 0 Å². The van der Waals surface area contributed by atoms with Gasteiger partial charge in [-0.2, -0.15) is 0 Å². The summed E-state index contributed by atoms with van der Waals surface area (Å²) in [6.45, 7) is 8.14. The van der Waals surface area contributed by atoms with Gasteiger partial charge < -0.3 is 10.2 Å². The predicted molar refractivity (Wildman–Crippen MR) is 70.1 cm³/mol. The van der Waals surface area contributed by atoms with Gasteiger partial charge in [0.15, 0.2) is 5.60 Å². The van der Waals surface area contributed by atoms with Crippen molar-refractivity contribution in [3.8, 4) is 0 Å². The van der Waals surface area contributed by atoms with Crippen molar-refractivity contribution in [2.75, 3.05) is 0 Å². The van der Waals surface area contributed by atoms with E-state index < -0.39 is 11.6 Å². The number of carboxylic acid groups (broad SMARTS) is 1. The molecule has 1 saturated carbocycles. The molecular weight excluding hydrogens is 228 g/mol.